The van der Waals surface area contributed by atoms with E-state index < -0.39 is 0 Å². The zero-order chi connectivity index (χ0) is 20.8. The molecule has 4 aromatic rings. The number of benzene rings is 3. The highest BCUT2D eigenvalue weighted by Crippen LogP contribution is 2.36. The summed E-state index contributed by atoms with van der Waals surface area (Å²) in [5, 5.41) is 2.49. The predicted molar refractivity (Wildman–Crippen MR) is 128 cm³/mol. The number of nitrogens with zero attached hydrogens (tertiary/aromatic N) is 2. The SMILES string of the molecule is CCCN(CCC)CCOc1cccc2c1c1ccccc1n2Cc1ccccc1. The molecule has 0 radical (unpaired) electrons. The minimum absolute atomic E-state index is 0.720. The molecular weight excluding hydrogens is 368 g/mol. The second kappa shape index (κ2) is 9.82. The van der Waals surface area contributed by atoms with Crippen molar-refractivity contribution in [1.29, 1.82) is 0 Å². The summed E-state index contributed by atoms with van der Waals surface area (Å²) >= 11 is 0. The number of aromatic nitrogens is 1. The Morgan fingerprint density at radius 2 is 1.43 bits per heavy atom. The van der Waals surface area contributed by atoms with Crippen LogP contribution in [0.1, 0.15) is 32.3 Å². The van der Waals surface area contributed by atoms with E-state index in [9.17, 15) is 0 Å². The first-order valence-electron chi connectivity index (χ1n) is 11.2. The Labute approximate surface area is 179 Å². The van der Waals surface area contributed by atoms with Crippen molar-refractivity contribution in [3.05, 3.63) is 78.4 Å². The smallest absolute Gasteiger partial charge is 0.129 e. The highest BCUT2D eigenvalue weighted by Gasteiger charge is 2.15. The number of para-hydroxylation sites is 1. The summed E-state index contributed by atoms with van der Waals surface area (Å²) in [5.74, 6) is 0.989. The van der Waals surface area contributed by atoms with Crippen LogP contribution in [0.2, 0.25) is 0 Å². The van der Waals surface area contributed by atoms with Gasteiger partial charge in [0.2, 0.25) is 0 Å². The van der Waals surface area contributed by atoms with E-state index in [0.717, 1.165) is 38.5 Å². The second-order valence-corrected chi connectivity index (χ2v) is 7.93. The first-order chi connectivity index (χ1) is 14.8. The van der Waals surface area contributed by atoms with Gasteiger partial charge in [-0.15, -0.1) is 0 Å². The van der Waals surface area contributed by atoms with Gasteiger partial charge in [0.15, 0.2) is 0 Å². The number of fused-ring (bicyclic) bond motifs is 3. The predicted octanol–water partition coefficient (Wildman–Crippen LogP) is 6.34. The third kappa shape index (κ3) is 4.36. The molecule has 0 aliphatic heterocycles. The number of hydrogen-bond acceptors (Lipinski definition) is 2. The van der Waals surface area contributed by atoms with Crippen molar-refractivity contribution in [2.75, 3.05) is 26.2 Å². The molecule has 0 aliphatic rings. The summed E-state index contributed by atoms with van der Waals surface area (Å²) in [5.41, 5.74) is 3.80. The molecule has 0 fully saturated rings. The Morgan fingerprint density at radius 3 is 2.20 bits per heavy atom. The summed E-state index contributed by atoms with van der Waals surface area (Å²) in [6, 6.07) is 25.8. The molecule has 4 rings (SSSR count). The molecule has 156 valence electrons. The standard InChI is InChI=1S/C27H32N2O/c1-3-17-28(18-4-2)19-20-30-26-16-10-15-25-27(26)23-13-8-9-14-24(23)29(25)21-22-11-6-5-7-12-22/h5-16H,3-4,17-21H2,1-2H3. The molecule has 0 amide bonds. The lowest BCUT2D eigenvalue weighted by atomic mass is 10.1. The highest BCUT2D eigenvalue weighted by molar-refractivity contribution is 6.11. The van der Waals surface area contributed by atoms with E-state index in [0.29, 0.717) is 0 Å². The molecule has 1 aromatic heterocycles. The normalized spacial score (nSPS) is 11.6. The van der Waals surface area contributed by atoms with Gasteiger partial charge in [-0.2, -0.15) is 0 Å². The molecule has 1 heterocycles. The van der Waals surface area contributed by atoms with E-state index in [1.54, 1.807) is 0 Å². The van der Waals surface area contributed by atoms with Crippen LogP contribution in [-0.4, -0.2) is 35.7 Å². The fraction of sp³-hybridized carbons (Fsp3) is 0.333. The van der Waals surface area contributed by atoms with Crippen LogP contribution in [0.25, 0.3) is 21.8 Å². The topological polar surface area (TPSA) is 17.4 Å². The first-order valence-corrected chi connectivity index (χ1v) is 11.2. The summed E-state index contributed by atoms with van der Waals surface area (Å²) in [4.78, 5) is 2.50. The van der Waals surface area contributed by atoms with Gasteiger partial charge in [-0.3, -0.25) is 4.90 Å². The number of ether oxygens (including phenoxy) is 1. The molecule has 0 atom stereocenters. The number of hydrogen-bond donors (Lipinski definition) is 0. The van der Waals surface area contributed by atoms with E-state index in [1.165, 1.54) is 40.2 Å². The minimum atomic E-state index is 0.720. The summed E-state index contributed by atoms with van der Waals surface area (Å²) in [7, 11) is 0. The molecule has 0 bridgehead atoms. The Hall–Kier alpha value is -2.78. The fourth-order valence-corrected chi connectivity index (χ4v) is 4.37. The van der Waals surface area contributed by atoms with Gasteiger partial charge in [0.1, 0.15) is 12.4 Å². The molecule has 3 nitrogen and oxygen atoms in total. The molecular formula is C27H32N2O. The third-order valence-electron chi connectivity index (χ3n) is 5.69. The Bertz CT molecular complexity index is 1080. The maximum Gasteiger partial charge on any atom is 0.129 e. The van der Waals surface area contributed by atoms with Crippen molar-refractivity contribution in [1.82, 2.24) is 9.47 Å². The van der Waals surface area contributed by atoms with E-state index >= 15 is 0 Å². The maximum atomic E-state index is 6.36. The van der Waals surface area contributed by atoms with Crippen molar-refractivity contribution in [3.63, 3.8) is 0 Å². The van der Waals surface area contributed by atoms with Crippen LogP contribution >= 0.6 is 0 Å². The Kier molecular flexibility index (Phi) is 6.70. The van der Waals surface area contributed by atoms with Gasteiger partial charge in [-0.1, -0.05) is 68.4 Å². The largest absolute Gasteiger partial charge is 0.492 e. The first kappa shape index (κ1) is 20.5. The van der Waals surface area contributed by atoms with Crippen LogP contribution < -0.4 is 4.74 Å². The maximum absolute atomic E-state index is 6.36. The van der Waals surface area contributed by atoms with Gasteiger partial charge in [-0.05, 0) is 49.7 Å². The fourth-order valence-electron chi connectivity index (χ4n) is 4.37. The molecule has 0 spiro atoms. The number of rotatable bonds is 10. The van der Waals surface area contributed by atoms with Crippen molar-refractivity contribution in [2.24, 2.45) is 0 Å². The average Bonchev–Trinajstić information content (AvgIpc) is 3.09. The molecule has 0 aliphatic carbocycles. The van der Waals surface area contributed by atoms with Crippen LogP contribution in [0.15, 0.2) is 72.8 Å². The van der Waals surface area contributed by atoms with Crippen LogP contribution in [0.3, 0.4) is 0 Å². The molecule has 0 unspecified atom stereocenters. The summed E-state index contributed by atoms with van der Waals surface area (Å²) in [6.07, 6.45) is 2.37. The lowest BCUT2D eigenvalue weighted by molar-refractivity contribution is 0.210. The van der Waals surface area contributed by atoms with E-state index in [2.05, 4.69) is 96.1 Å². The third-order valence-corrected chi connectivity index (χ3v) is 5.69. The minimum Gasteiger partial charge on any atom is -0.492 e. The molecule has 0 N–H and O–H groups in total. The lowest BCUT2D eigenvalue weighted by Gasteiger charge is -2.21. The molecule has 3 aromatic carbocycles. The van der Waals surface area contributed by atoms with Crippen LogP contribution in [0.4, 0.5) is 0 Å². The zero-order valence-electron chi connectivity index (χ0n) is 18.2. The van der Waals surface area contributed by atoms with E-state index in [1.807, 2.05) is 0 Å². The van der Waals surface area contributed by atoms with Crippen LogP contribution in [-0.2, 0) is 6.54 Å². The van der Waals surface area contributed by atoms with Gasteiger partial charge >= 0.3 is 0 Å². The van der Waals surface area contributed by atoms with Crippen molar-refractivity contribution < 1.29 is 4.74 Å². The van der Waals surface area contributed by atoms with E-state index in [4.69, 9.17) is 4.74 Å². The highest BCUT2D eigenvalue weighted by atomic mass is 16.5. The summed E-state index contributed by atoms with van der Waals surface area (Å²) in [6.45, 7) is 9.31. The van der Waals surface area contributed by atoms with E-state index in [-0.39, 0.29) is 0 Å². The zero-order valence-corrected chi connectivity index (χ0v) is 18.2. The quantitative estimate of drug-likeness (QED) is 0.309. The monoisotopic (exact) mass is 400 g/mol. The van der Waals surface area contributed by atoms with Gasteiger partial charge < -0.3 is 9.30 Å². The van der Waals surface area contributed by atoms with Crippen LogP contribution in [0.5, 0.6) is 5.75 Å². The van der Waals surface area contributed by atoms with Crippen LogP contribution in [0, 0.1) is 0 Å². The Balaban J connectivity index is 1.66. The van der Waals surface area contributed by atoms with Gasteiger partial charge in [-0.25, -0.2) is 0 Å². The second-order valence-electron chi connectivity index (χ2n) is 7.93. The molecule has 3 heteroatoms. The molecule has 30 heavy (non-hydrogen) atoms. The molecule has 0 saturated carbocycles. The van der Waals surface area contributed by atoms with Crippen molar-refractivity contribution >= 4 is 21.8 Å². The van der Waals surface area contributed by atoms with Gasteiger partial charge in [0, 0.05) is 29.4 Å². The van der Waals surface area contributed by atoms with Crippen molar-refractivity contribution in [3.8, 4) is 5.75 Å². The molecule has 0 saturated heterocycles. The lowest BCUT2D eigenvalue weighted by Crippen LogP contribution is -2.30. The van der Waals surface area contributed by atoms with Gasteiger partial charge in [0.05, 0.1) is 5.52 Å². The van der Waals surface area contributed by atoms with Crippen molar-refractivity contribution in [2.45, 2.75) is 33.2 Å². The van der Waals surface area contributed by atoms with Gasteiger partial charge in [0.25, 0.3) is 0 Å². The summed E-state index contributed by atoms with van der Waals surface area (Å²) < 4.78 is 8.77. The Morgan fingerprint density at radius 1 is 0.733 bits per heavy atom. The average molecular weight is 401 g/mol.